The first-order valence-electron chi connectivity index (χ1n) is 4.64. The summed E-state index contributed by atoms with van der Waals surface area (Å²) in [7, 11) is 3.10. The molecule has 82 valence electrons. The summed E-state index contributed by atoms with van der Waals surface area (Å²) in [6.45, 7) is 0. The molecule has 0 radical (unpaired) electrons. The molecule has 1 aromatic carbocycles. The first-order valence-corrected chi connectivity index (χ1v) is 4.64. The Morgan fingerprint density at radius 2 is 1.88 bits per heavy atom. The molecule has 16 heavy (non-hydrogen) atoms. The number of anilines is 1. The molecule has 0 atom stereocenters. The molecular weight excluding hydrogens is 206 g/mol. The number of methoxy groups -OCH3 is 2. The topological polar surface area (TPSA) is 84.1 Å². The number of hydrogen-bond acceptors (Lipinski definition) is 4. The minimum absolute atomic E-state index is 0.354. The predicted molar refractivity (Wildman–Crippen MR) is 60.5 cm³/mol. The zero-order valence-corrected chi connectivity index (χ0v) is 9.00. The zero-order chi connectivity index (χ0) is 11.7. The summed E-state index contributed by atoms with van der Waals surface area (Å²) in [4.78, 5) is 2.92. The number of H-pyrrole nitrogens is 1. The first kappa shape index (κ1) is 10.2. The van der Waals surface area contributed by atoms with Crippen LogP contribution < -0.4 is 15.2 Å². The van der Waals surface area contributed by atoms with Crippen LogP contribution in [0.3, 0.4) is 0 Å². The molecule has 2 aromatic rings. The number of aromatic nitrogens is 1. The molecule has 0 fully saturated rings. The number of nitrogen functional groups attached to an aromatic ring is 1. The average molecular weight is 217 g/mol. The van der Waals surface area contributed by atoms with Crippen LogP contribution in [-0.2, 0) is 0 Å². The number of nitriles is 1. The van der Waals surface area contributed by atoms with Gasteiger partial charge in [0.25, 0.3) is 0 Å². The van der Waals surface area contributed by atoms with Crippen LogP contribution in [0.2, 0.25) is 0 Å². The molecule has 0 saturated heterocycles. The van der Waals surface area contributed by atoms with Gasteiger partial charge in [-0.15, -0.1) is 0 Å². The lowest BCUT2D eigenvalue weighted by atomic mass is 10.1. The molecule has 2 rings (SSSR count). The number of nitrogens with one attached hydrogen (secondary N) is 1. The van der Waals surface area contributed by atoms with Crippen molar-refractivity contribution in [3.63, 3.8) is 0 Å². The van der Waals surface area contributed by atoms with Crippen molar-refractivity contribution in [3.05, 3.63) is 17.7 Å². The number of fused-ring (bicyclic) bond motifs is 1. The van der Waals surface area contributed by atoms with Gasteiger partial charge in [0.2, 0.25) is 0 Å². The third-order valence-corrected chi connectivity index (χ3v) is 2.44. The van der Waals surface area contributed by atoms with Gasteiger partial charge in [0.05, 0.1) is 19.7 Å². The van der Waals surface area contributed by atoms with E-state index in [1.54, 1.807) is 26.4 Å². The maximum Gasteiger partial charge on any atom is 0.162 e. The second-order valence-electron chi connectivity index (χ2n) is 3.28. The molecule has 0 spiro atoms. The van der Waals surface area contributed by atoms with Gasteiger partial charge in [-0.1, -0.05) is 0 Å². The van der Waals surface area contributed by atoms with Crippen LogP contribution in [0, 0.1) is 11.3 Å². The molecule has 3 N–H and O–H groups in total. The highest BCUT2D eigenvalue weighted by Crippen LogP contribution is 2.34. The Morgan fingerprint density at radius 1 is 1.25 bits per heavy atom. The fourth-order valence-corrected chi connectivity index (χ4v) is 1.66. The fraction of sp³-hybridized carbons (Fsp3) is 0.182. The molecule has 5 nitrogen and oxygen atoms in total. The Balaban J connectivity index is 2.79. The van der Waals surface area contributed by atoms with E-state index < -0.39 is 0 Å². The minimum Gasteiger partial charge on any atom is -0.493 e. The summed E-state index contributed by atoms with van der Waals surface area (Å²) in [5, 5.41) is 9.71. The van der Waals surface area contributed by atoms with Crippen LogP contribution in [0.4, 0.5) is 5.82 Å². The van der Waals surface area contributed by atoms with E-state index in [4.69, 9.17) is 20.5 Å². The summed E-state index contributed by atoms with van der Waals surface area (Å²) in [5.41, 5.74) is 6.87. The van der Waals surface area contributed by atoms with Gasteiger partial charge in [0.15, 0.2) is 11.5 Å². The number of hydrogen-bond donors (Lipinski definition) is 2. The third kappa shape index (κ3) is 1.32. The quantitative estimate of drug-likeness (QED) is 0.800. The van der Waals surface area contributed by atoms with Gasteiger partial charge < -0.3 is 20.2 Å². The summed E-state index contributed by atoms with van der Waals surface area (Å²) < 4.78 is 10.3. The molecule has 0 aliphatic rings. The van der Waals surface area contributed by atoms with E-state index in [0.717, 1.165) is 10.9 Å². The van der Waals surface area contributed by atoms with Gasteiger partial charge in [0, 0.05) is 11.5 Å². The molecule has 1 heterocycles. The Morgan fingerprint density at radius 3 is 2.44 bits per heavy atom. The van der Waals surface area contributed by atoms with Crippen LogP contribution in [0.5, 0.6) is 11.5 Å². The van der Waals surface area contributed by atoms with Crippen LogP contribution in [0.25, 0.3) is 10.9 Å². The van der Waals surface area contributed by atoms with Crippen molar-refractivity contribution in [2.45, 2.75) is 0 Å². The smallest absolute Gasteiger partial charge is 0.162 e. The van der Waals surface area contributed by atoms with Crippen molar-refractivity contribution in [1.82, 2.24) is 4.98 Å². The van der Waals surface area contributed by atoms with Crippen molar-refractivity contribution in [2.75, 3.05) is 20.0 Å². The van der Waals surface area contributed by atoms with Crippen LogP contribution in [0.1, 0.15) is 5.56 Å². The Kier molecular flexibility index (Phi) is 2.33. The number of nitrogens with zero attached hydrogens (tertiary/aromatic N) is 1. The second-order valence-corrected chi connectivity index (χ2v) is 3.28. The van der Waals surface area contributed by atoms with Crippen LogP contribution >= 0.6 is 0 Å². The van der Waals surface area contributed by atoms with Crippen LogP contribution in [-0.4, -0.2) is 19.2 Å². The first-order chi connectivity index (χ1) is 7.71. The second kappa shape index (κ2) is 3.66. The highest BCUT2D eigenvalue weighted by Gasteiger charge is 2.13. The van der Waals surface area contributed by atoms with E-state index in [1.807, 2.05) is 0 Å². The molecule has 0 unspecified atom stereocenters. The van der Waals surface area contributed by atoms with Gasteiger partial charge in [-0.05, 0) is 6.07 Å². The molecular formula is C11H11N3O2. The standard InChI is InChI=1S/C11H11N3O2/c1-15-9-3-6-7(5-12)11(13)14-8(6)4-10(9)16-2/h3-4,14H,13H2,1-2H3. The monoisotopic (exact) mass is 217 g/mol. The van der Waals surface area contributed by atoms with Crippen molar-refractivity contribution >= 4 is 16.7 Å². The normalized spacial score (nSPS) is 10.1. The predicted octanol–water partition coefficient (Wildman–Crippen LogP) is 1.64. The highest BCUT2D eigenvalue weighted by atomic mass is 16.5. The maximum atomic E-state index is 8.97. The zero-order valence-electron chi connectivity index (χ0n) is 9.00. The van der Waals surface area contributed by atoms with Gasteiger partial charge in [-0.25, -0.2) is 0 Å². The molecule has 0 aliphatic heterocycles. The van der Waals surface area contributed by atoms with Crippen molar-refractivity contribution in [3.8, 4) is 17.6 Å². The van der Waals surface area contributed by atoms with Gasteiger partial charge >= 0.3 is 0 Å². The Bertz CT molecular complexity index is 581. The van der Waals surface area contributed by atoms with E-state index in [2.05, 4.69) is 11.1 Å². The van der Waals surface area contributed by atoms with E-state index in [1.165, 1.54) is 0 Å². The summed E-state index contributed by atoms with van der Waals surface area (Å²) in [6, 6.07) is 5.55. The molecule has 0 aliphatic carbocycles. The van der Waals surface area contributed by atoms with Gasteiger partial charge in [-0.3, -0.25) is 0 Å². The van der Waals surface area contributed by atoms with Crippen molar-refractivity contribution in [2.24, 2.45) is 0 Å². The SMILES string of the molecule is COc1cc2[nH]c(N)c(C#N)c2cc1OC. The van der Waals surface area contributed by atoms with Gasteiger partial charge in [0.1, 0.15) is 17.5 Å². The summed E-state index contributed by atoms with van der Waals surface area (Å²) in [6.07, 6.45) is 0. The Labute approximate surface area is 92.4 Å². The lowest BCUT2D eigenvalue weighted by Crippen LogP contribution is -1.90. The number of rotatable bonds is 2. The lowest BCUT2D eigenvalue weighted by Gasteiger charge is -2.06. The molecule has 0 bridgehead atoms. The molecule has 0 saturated carbocycles. The maximum absolute atomic E-state index is 8.97. The molecule has 0 amide bonds. The number of benzene rings is 1. The number of ether oxygens (including phenoxy) is 2. The number of nitrogens with two attached hydrogens (primary N) is 1. The van der Waals surface area contributed by atoms with Crippen molar-refractivity contribution < 1.29 is 9.47 Å². The van der Waals surface area contributed by atoms with E-state index >= 15 is 0 Å². The van der Waals surface area contributed by atoms with Crippen LogP contribution in [0.15, 0.2) is 12.1 Å². The molecule has 5 heteroatoms. The van der Waals surface area contributed by atoms with E-state index in [-0.39, 0.29) is 0 Å². The lowest BCUT2D eigenvalue weighted by molar-refractivity contribution is 0.356. The highest BCUT2D eigenvalue weighted by molar-refractivity contribution is 5.93. The summed E-state index contributed by atoms with van der Waals surface area (Å²) >= 11 is 0. The summed E-state index contributed by atoms with van der Waals surface area (Å²) in [5.74, 6) is 1.53. The van der Waals surface area contributed by atoms with Gasteiger partial charge in [-0.2, -0.15) is 5.26 Å². The van der Waals surface area contributed by atoms with E-state index in [9.17, 15) is 0 Å². The molecule has 1 aromatic heterocycles. The average Bonchev–Trinajstić information content (AvgIpc) is 2.61. The third-order valence-electron chi connectivity index (χ3n) is 2.44. The number of aromatic amines is 1. The van der Waals surface area contributed by atoms with E-state index in [0.29, 0.717) is 22.9 Å². The largest absolute Gasteiger partial charge is 0.493 e. The Hall–Kier alpha value is -2.35. The van der Waals surface area contributed by atoms with Crippen molar-refractivity contribution in [1.29, 1.82) is 5.26 Å². The fourth-order valence-electron chi connectivity index (χ4n) is 1.66. The minimum atomic E-state index is 0.354.